The van der Waals surface area contributed by atoms with Crippen LogP contribution in [-0.2, 0) is 4.79 Å². The zero-order valence-corrected chi connectivity index (χ0v) is 10.2. The molecule has 0 saturated heterocycles. The van der Waals surface area contributed by atoms with E-state index in [0.29, 0.717) is 5.56 Å². The molecule has 0 unspecified atom stereocenters. The molecule has 0 heterocycles. The van der Waals surface area contributed by atoms with E-state index in [1.807, 2.05) is 18.2 Å². The summed E-state index contributed by atoms with van der Waals surface area (Å²) >= 11 is 1.64. The Bertz CT molecular complexity index is 409. The van der Waals surface area contributed by atoms with Crippen molar-refractivity contribution >= 4 is 23.5 Å². The van der Waals surface area contributed by atoms with Gasteiger partial charge in [0.05, 0.1) is 6.42 Å². The maximum atomic E-state index is 11.6. The summed E-state index contributed by atoms with van der Waals surface area (Å²) < 4.78 is 0. The van der Waals surface area contributed by atoms with Crippen LogP contribution in [0.25, 0.3) is 0 Å². The first-order valence-electron chi connectivity index (χ1n) is 5.22. The highest BCUT2D eigenvalue weighted by molar-refractivity contribution is 7.99. The highest BCUT2D eigenvalue weighted by atomic mass is 32.2. The summed E-state index contributed by atoms with van der Waals surface area (Å²) in [6, 6.07) is 7.19. The lowest BCUT2D eigenvalue weighted by atomic mass is 10.1. The van der Waals surface area contributed by atoms with E-state index in [2.05, 4.69) is 6.58 Å². The molecule has 17 heavy (non-hydrogen) atoms. The molecule has 0 saturated carbocycles. The Labute approximate surface area is 105 Å². The van der Waals surface area contributed by atoms with E-state index in [9.17, 15) is 9.59 Å². The number of carboxylic acid groups (broad SMARTS) is 1. The van der Waals surface area contributed by atoms with Crippen LogP contribution < -0.4 is 0 Å². The highest BCUT2D eigenvalue weighted by Crippen LogP contribution is 2.19. The average molecular weight is 250 g/mol. The van der Waals surface area contributed by atoms with E-state index >= 15 is 0 Å². The number of carboxylic acids is 1. The fraction of sp³-hybridized carbons (Fsp3) is 0.231. The molecule has 0 radical (unpaired) electrons. The number of carbonyl (C=O) groups excluding carboxylic acids is 1. The van der Waals surface area contributed by atoms with Crippen LogP contribution >= 0.6 is 11.8 Å². The average Bonchev–Trinajstić information content (AvgIpc) is 2.34. The van der Waals surface area contributed by atoms with Gasteiger partial charge in [-0.25, -0.2) is 0 Å². The van der Waals surface area contributed by atoms with Gasteiger partial charge in [-0.2, -0.15) is 0 Å². The van der Waals surface area contributed by atoms with Crippen LogP contribution in [-0.4, -0.2) is 22.6 Å². The van der Waals surface area contributed by atoms with Gasteiger partial charge in [0.25, 0.3) is 0 Å². The summed E-state index contributed by atoms with van der Waals surface area (Å²) in [4.78, 5) is 23.0. The third-order valence-electron chi connectivity index (χ3n) is 2.11. The molecule has 3 nitrogen and oxygen atoms in total. The second kappa shape index (κ2) is 6.91. The number of carbonyl (C=O) groups is 2. The summed E-state index contributed by atoms with van der Waals surface area (Å²) in [5, 5.41) is 8.49. The molecule has 4 heteroatoms. The Hall–Kier alpha value is -1.55. The van der Waals surface area contributed by atoms with E-state index < -0.39 is 5.97 Å². The molecular weight excluding hydrogens is 236 g/mol. The summed E-state index contributed by atoms with van der Waals surface area (Å²) in [5.41, 5.74) is 0.564. The minimum atomic E-state index is -0.948. The van der Waals surface area contributed by atoms with Crippen LogP contribution in [0.4, 0.5) is 0 Å². The Kier molecular flexibility index (Phi) is 5.49. The molecule has 0 aliphatic rings. The van der Waals surface area contributed by atoms with Crippen LogP contribution in [0, 0.1) is 0 Å². The summed E-state index contributed by atoms with van der Waals surface area (Å²) in [6.45, 7) is 3.63. The maximum absolute atomic E-state index is 11.6. The molecule has 0 fully saturated rings. The highest BCUT2D eigenvalue weighted by Gasteiger charge is 2.08. The van der Waals surface area contributed by atoms with Crippen molar-refractivity contribution in [3.8, 4) is 0 Å². The van der Waals surface area contributed by atoms with E-state index in [1.54, 1.807) is 23.9 Å². The van der Waals surface area contributed by atoms with Gasteiger partial charge in [-0.05, 0) is 12.1 Å². The summed E-state index contributed by atoms with van der Waals surface area (Å²) in [5.74, 6) is -0.254. The number of benzene rings is 1. The predicted molar refractivity (Wildman–Crippen MR) is 68.6 cm³/mol. The fourth-order valence-electron chi connectivity index (χ4n) is 1.26. The van der Waals surface area contributed by atoms with Crippen LogP contribution in [0.5, 0.6) is 0 Å². The van der Waals surface area contributed by atoms with Crippen LogP contribution in [0.2, 0.25) is 0 Å². The van der Waals surface area contributed by atoms with Crippen LogP contribution in [0.3, 0.4) is 0 Å². The standard InChI is InChI=1S/C13H14O3S/c1-2-9-17-11-5-3-10(4-6-11)12(14)7-8-13(15)16/h2-6H,1,7-9H2,(H,15,16). The topological polar surface area (TPSA) is 54.4 Å². The molecule has 1 N–H and O–H groups in total. The van der Waals surface area contributed by atoms with Crippen molar-refractivity contribution < 1.29 is 14.7 Å². The molecule has 0 amide bonds. The van der Waals surface area contributed by atoms with Gasteiger partial charge in [-0.3, -0.25) is 9.59 Å². The van der Waals surface area contributed by atoms with Crippen molar-refractivity contribution in [2.45, 2.75) is 17.7 Å². The van der Waals surface area contributed by atoms with E-state index in [-0.39, 0.29) is 18.6 Å². The largest absolute Gasteiger partial charge is 0.481 e. The first kappa shape index (κ1) is 13.5. The first-order valence-corrected chi connectivity index (χ1v) is 6.21. The van der Waals surface area contributed by atoms with Crippen LogP contribution in [0.15, 0.2) is 41.8 Å². The van der Waals surface area contributed by atoms with Gasteiger partial charge < -0.3 is 5.11 Å². The zero-order valence-electron chi connectivity index (χ0n) is 9.39. The van der Waals surface area contributed by atoms with Gasteiger partial charge in [0.2, 0.25) is 0 Å². The molecule has 0 bridgehead atoms. The Morgan fingerprint density at radius 1 is 1.24 bits per heavy atom. The first-order chi connectivity index (χ1) is 8.13. The molecule has 1 aromatic carbocycles. The quantitative estimate of drug-likeness (QED) is 0.459. The van der Waals surface area contributed by atoms with Crippen LogP contribution in [0.1, 0.15) is 23.2 Å². The van der Waals surface area contributed by atoms with Gasteiger partial charge in [-0.15, -0.1) is 18.3 Å². The van der Waals surface area contributed by atoms with Gasteiger partial charge in [0.1, 0.15) is 0 Å². The normalized spacial score (nSPS) is 9.88. The van der Waals surface area contributed by atoms with Crippen molar-refractivity contribution in [3.63, 3.8) is 0 Å². The molecule has 0 aliphatic heterocycles. The van der Waals surface area contributed by atoms with E-state index in [1.165, 1.54) is 0 Å². The number of Topliss-reactive ketones (excluding diaryl/α,β-unsaturated/α-hetero) is 1. The molecule has 0 spiro atoms. The van der Waals surface area contributed by atoms with E-state index in [0.717, 1.165) is 10.6 Å². The van der Waals surface area contributed by atoms with Crippen molar-refractivity contribution in [3.05, 3.63) is 42.5 Å². The van der Waals surface area contributed by atoms with Gasteiger partial charge >= 0.3 is 5.97 Å². The zero-order chi connectivity index (χ0) is 12.7. The molecule has 1 aromatic rings. The van der Waals surface area contributed by atoms with Gasteiger partial charge in [0, 0.05) is 22.6 Å². The summed E-state index contributed by atoms with van der Waals surface area (Å²) in [7, 11) is 0. The lowest BCUT2D eigenvalue weighted by Crippen LogP contribution is -2.03. The smallest absolute Gasteiger partial charge is 0.303 e. The van der Waals surface area contributed by atoms with Crippen molar-refractivity contribution in [1.29, 1.82) is 0 Å². The number of thioether (sulfide) groups is 1. The minimum absolute atomic E-state index is 0.0501. The molecule has 0 atom stereocenters. The van der Waals surface area contributed by atoms with Crippen molar-refractivity contribution in [2.75, 3.05) is 5.75 Å². The summed E-state index contributed by atoms with van der Waals surface area (Å²) in [6.07, 6.45) is 1.75. The molecular formula is C13H14O3S. The number of rotatable bonds is 7. The van der Waals surface area contributed by atoms with Gasteiger partial charge in [0.15, 0.2) is 5.78 Å². The molecule has 90 valence electrons. The Morgan fingerprint density at radius 2 is 1.88 bits per heavy atom. The lowest BCUT2D eigenvalue weighted by molar-refractivity contribution is -0.136. The minimum Gasteiger partial charge on any atom is -0.481 e. The van der Waals surface area contributed by atoms with E-state index in [4.69, 9.17) is 5.11 Å². The van der Waals surface area contributed by atoms with Gasteiger partial charge in [-0.1, -0.05) is 18.2 Å². The second-order valence-electron chi connectivity index (χ2n) is 3.44. The monoisotopic (exact) mass is 250 g/mol. The number of ketones is 1. The fourth-order valence-corrected chi connectivity index (χ4v) is 1.90. The predicted octanol–water partition coefficient (Wildman–Crippen LogP) is 3.01. The SMILES string of the molecule is C=CCSc1ccc(C(=O)CCC(=O)O)cc1. The third kappa shape index (κ3) is 4.87. The van der Waals surface area contributed by atoms with Crippen molar-refractivity contribution in [2.24, 2.45) is 0 Å². The molecule has 0 aromatic heterocycles. The number of aliphatic carboxylic acids is 1. The second-order valence-corrected chi connectivity index (χ2v) is 4.53. The molecule has 1 rings (SSSR count). The maximum Gasteiger partial charge on any atom is 0.303 e. The third-order valence-corrected chi connectivity index (χ3v) is 3.12. The number of hydrogen-bond donors (Lipinski definition) is 1. The Morgan fingerprint density at radius 3 is 2.41 bits per heavy atom. The van der Waals surface area contributed by atoms with Crippen molar-refractivity contribution in [1.82, 2.24) is 0 Å². The number of hydrogen-bond acceptors (Lipinski definition) is 3. The lowest BCUT2D eigenvalue weighted by Gasteiger charge is -2.01. The Balaban J connectivity index is 2.57. The molecule has 0 aliphatic carbocycles.